The molecule has 52 heteroatoms. The Kier molecular flexibility index (Phi) is 77.8. The van der Waals surface area contributed by atoms with Crippen LogP contribution in [0.5, 0.6) is 0 Å². The summed E-state index contributed by atoms with van der Waals surface area (Å²) in [6.45, 7) is 12.3. The quantitative estimate of drug-likeness (QED) is 0.0269. The van der Waals surface area contributed by atoms with Gasteiger partial charge >= 0.3 is 108 Å². The first-order valence-corrected chi connectivity index (χ1v) is 44.9. The van der Waals surface area contributed by atoms with Crippen LogP contribution < -0.4 is 0 Å². The Morgan fingerprint density at radius 1 is 0.316 bits per heavy atom. The molecule has 1 saturated heterocycles. The van der Waals surface area contributed by atoms with E-state index in [-0.39, 0.29) is 121 Å². The Morgan fingerprint density at radius 2 is 0.515 bits per heavy atom. The topological polar surface area (TPSA) is 551 Å². The first kappa shape index (κ1) is 141. The Morgan fingerprint density at radius 3 is 0.728 bits per heavy atom. The minimum absolute atomic E-state index is 0. The van der Waals surface area contributed by atoms with E-state index in [1.54, 1.807) is 60.7 Å². The van der Waals surface area contributed by atoms with Gasteiger partial charge in [-0.05, 0) is 120 Å². The summed E-state index contributed by atoms with van der Waals surface area (Å²) in [6, 6.07) is 17.1. The number of alkyl halides is 4. The number of hydrogen-bond acceptors (Lipinski definition) is 42. The van der Waals surface area contributed by atoms with Crippen molar-refractivity contribution >= 4 is 253 Å². The summed E-state index contributed by atoms with van der Waals surface area (Å²) < 4.78 is 112. The van der Waals surface area contributed by atoms with Crippen molar-refractivity contribution in [2.75, 3.05) is 127 Å². The van der Waals surface area contributed by atoms with E-state index in [1.165, 1.54) is 69.2 Å². The van der Waals surface area contributed by atoms with Crippen LogP contribution in [-0.4, -0.2) is 282 Å². The van der Waals surface area contributed by atoms with Crippen molar-refractivity contribution in [3.8, 4) is 0 Å². The molecule has 0 amide bonds. The van der Waals surface area contributed by atoms with Crippen molar-refractivity contribution < 1.29 is 201 Å². The van der Waals surface area contributed by atoms with Gasteiger partial charge in [-0.2, -0.15) is 81.0 Å². The molecule has 0 bridgehead atoms. The summed E-state index contributed by atoms with van der Waals surface area (Å²) >= 11 is 12.8. The van der Waals surface area contributed by atoms with Gasteiger partial charge in [-0.25, -0.2) is 47.9 Å². The van der Waals surface area contributed by atoms with Crippen LogP contribution in [0.15, 0.2) is 60.7 Å². The van der Waals surface area contributed by atoms with Crippen molar-refractivity contribution in [3.05, 3.63) is 71.8 Å². The molecule has 10 atom stereocenters. The number of ether oxygens (including phenoxy) is 22. The summed E-state index contributed by atoms with van der Waals surface area (Å²) in [5, 5.41) is 21.6. The summed E-state index contributed by atoms with van der Waals surface area (Å²) in [5.74, 6) is -12.3. The highest BCUT2D eigenvalue weighted by Gasteiger charge is 2.46. The van der Waals surface area contributed by atoms with Gasteiger partial charge in [-0.1, -0.05) is 138 Å². The van der Waals surface area contributed by atoms with Crippen LogP contribution in [0, 0.1) is 32.5 Å². The van der Waals surface area contributed by atoms with E-state index in [0.29, 0.717) is 58.1 Å². The lowest BCUT2D eigenvalue weighted by atomic mass is 9.93. The molecule has 0 radical (unpaired) electrons. The Hall–Kier alpha value is -7.96. The average Bonchev–Trinajstić information content (AvgIpc) is 0.833. The van der Waals surface area contributed by atoms with E-state index >= 15 is 0 Å². The SMILES string of the molecule is CC.CC(=O)O[C@@H](C)C(=O)O[C@@H](C)C(=O)OCC(C)(COC(=O)OCC(C)(COC(=O)OCC(C)(COC(=O)[C@H](C)OC(=O)[C@H](C)OC(C)=O)C(=O)OCCCBr)C(=O)OCc1ccccc1)C(=O)OCCCBr.CC(CO)(COC(=O)OCC(C)(COC(=O)OCC(C)(CO)C(=O)OCCCBr)C(=O)OCc1ccccc1)C(=O)OCCCBr.C[C@@H]1OC(=O)[C@H](C)OC1=O.S.S.S.S.S.S. The van der Waals surface area contributed by atoms with Crippen LogP contribution in [0.25, 0.3) is 0 Å². The molecule has 0 spiro atoms. The van der Waals surface area contributed by atoms with Crippen LogP contribution in [0.1, 0.15) is 148 Å². The summed E-state index contributed by atoms with van der Waals surface area (Å²) in [5.41, 5.74) is -9.44. The molecule has 1 heterocycles. The number of hydrogen-bond donors (Lipinski definition) is 2. The van der Waals surface area contributed by atoms with Crippen LogP contribution in [-0.2, 0) is 185 Å². The molecule has 2 N–H and O–H groups in total. The van der Waals surface area contributed by atoms with Gasteiger partial charge in [0.1, 0.15) is 112 Å². The second-order valence-electron chi connectivity index (χ2n) is 29.9. The number of carbonyl (C=O) groups excluding carboxylic acids is 18. The van der Waals surface area contributed by atoms with Crippen LogP contribution >= 0.6 is 145 Å². The number of carbonyl (C=O) groups is 18. The largest absolute Gasteiger partial charge is 0.508 e. The Labute approximate surface area is 864 Å². The molecule has 4 unspecified atom stereocenters. The Bertz CT molecular complexity index is 3790. The lowest BCUT2D eigenvalue weighted by Gasteiger charge is -2.29. The third-order valence-corrected chi connectivity index (χ3v) is 19.4. The number of halogens is 4. The lowest BCUT2D eigenvalue weighted by molar-refractivity contribution is -0.191. The summed E-state index contributed by atoms with van der Waals surface area (Å²) in [6.07, 6.45) is -10.9. The van der Waals surface area contributed by atoms with Gasteiger partial charge in [0, 0.05) is 35.2 Å². The first-order valence-electron chi connectivity index (χ1n) is 40.4. The number of benzene rings is 2. The molecule has 2 aromatic carbocycles. The van der Waals surface area contributed by atoms with Crippen molar-refractivity contribution in [2.24, 2.45) is 32.5 Å². The zero-order valence-corrected chi connectivity index (χ0v) is 90.7. The fourth-order valence-corrected chi connectivity index (χ4v) is 9.74. The number of cyclic esters (lactones) is 2. The number of rotatable bonds is 52. The van der Waals surface area contributed by atoms with Gasteiger partial charge in [-0.3, -0.25) is 38.4 Å². The van der Waals surface area contributed by atoms with Gasteiger partial charge in [-0.15, -0.1) is 0 Å². The van der Waals surface area contributed by atoms with Gasteiger partial charge < -0.3 is 114 Å². The average molecular weight is 2320 g/mol. The van der Waals surface area contributed by atoms with Crippen molar-refractivity contribution in [1.82, 2.24) is 0 Å². The number of aliphatic hydroxyl groups excluding tert-OH is 2. The first-order chi connectivity index (χ1) is 61.1. The fourth-order valence-electron chi connectivity index (χ4n) is 8.82. The molecule has 136 heavy (non-hydrogen) atoms. The molecule has 1 aliphatic rings. The van der Waals surface area contributed by atoms with E-state index in [4.69, 9.17) is 94.7 Å². The van der Waals surface area contributed by atoms with Gasteiger partial charge in [0.2, 0.25) is 0 Å². The summed E-state index contributed by atoms with van der Waals surface area (Å²) in [4.78, 5) is 223. The molecule has 1 fully saturated rings. The van der Waals surface area contributed by atoms with E-state index < -0.39 is 257 Å². The normalized spacial score (nSPS) is 15.4. The maximum atomic E-state index is 13.6. The smallest absolute Gasteiger partial charge is 0.465 e. The van der Waals surface area contributed by atoms with Gasteiger partial charge in [0.05, 0.1) is 39.6 Å². The fraction of sp³-hybridized carbons (Fsp3) is 0.643. The second kappa shape index (κ2) is 75.0. The molecule has 2 aromatic rings. The second-order valence-corrected chi connectivity index (χ2v) is 33.0. The molecule has 0 saturated carbocycles. The maximum absolute atomic E-state index is 13.6. The molecular formula is C84H130Br4O42S6. The maximum Gasteiger partial charge on any atom is 0.508 e. The zero-order chi connectivity index (χ0) is 99.0. The van der Waals surface area contributed by atoms with Crippen LogP contribution in [0.3, 0.4) is 0 Å². The van der Waals surface area contributed by atoms with Crippen LogP contribution in [0.4, 0.5) is 19.2 Å². The molecule has 42 nitrogen and oxygen atoms in total. The minimum atomic E-state index is -1.99. The molecule has 782 valence electrons. The minimum Gasteiger partial charge on any atom is -0.465 e. The van der Waals surface area contributed by atoms with Crippen molar-refractivity contribution in [3.63, 3.8) is 0 Å². The highest BCUT2D eigenvalue weighted by Crippen LogP contribution is 2.29. The molecule has 1 aliphatic heterocycles. The van der Waals surface area contributed by atoms with Crippen molar-refractivity contribution in [2.45, 2.75) is 186 Å². The predicted molar refractivity (Wildman–Crippen MR) is 522 cm³/mol. The standard InChI is InChI=1S/C46H62Br2O24.C30H42Br2O14.C6H8O4.C2H6.6H2S/c1-28(71-37(53)30(3)69-32(5)49)35(51)63-22-44(7,39(55)60-19-13-17-47)24-65-42(58)67-26-46(9,41(57)62-21-34-15-11-10-12-16-34)27-68-43(59)66-25-45(8,40(56)61-20-14-18-48)23-64-36(52)29(2)72-38(54)31(4)70-33(6)50;1-28(16-33,23(35)40-13-7-11-31)18-43-26(38)45-20-30(3,25(37)42-15-22-9-5-4-6-10-22)21-46-27(39)44-19-29(2,17-34)24(36)41-14-8-12-32;1-3-5(7)10-4(2)6(8)9-3;1-2;;;;;;/h10-12,15-16,28-31H,13-14,17-27H2,1-9H3;4-6,9-10,33-34H,7-8,11-21H2,1-3H3;3-4H,1-2H3;1-2H3;6*1H2/t28-,29-,30-,31-,44?,45?,46?;;3-,4-;;;;;;;/m0.0......./s1. The zero-order valence-electron chi connectivity index (χ0n) is 78.4. The third-order valence-electron chi connectivity index (χ3n) is 17.1. The van der Waals surface area contributed by atoms with Crippen LogP contribution in [0.2, 0.25) is 0 Å². The number of esters is 14. The number of aliphatic hydroxyl groups is 2. The van der Waals surface area contributed by atoms with E-state index in [0.717, 1.165) is 27.7 Å². The van der Waals surface area contributed by atoms with Crippen molar-refractivity contribution in [1.29, 1.82) is 0 Å². The Balaban J connectivity index is -0.000000445. The molecule has 0 aromatic heterocycles. The van der Waals surface area contributed by atoms with E-state index in [2.05, 4.69) is 73.2 Å². The van der Waals surface area contributed by atoms with Gasteiger partial charge in [0.15, 0.2) is 36.6 Å². The lowest BCUT2D eigenvalue weighted by Crippen LogP contribution is -2.43. The molecular weight excluding hydrogens is 2190 g/mol. The highest BCUT2D eigenvalue weighted by molar-refractivity contribution is 9.09. The van der Waals surface area contributed by atoms with Gasteiger partial charge in [0.25, 0.3) is 0 Å². The molecule has 3 rings (SSSR count). The van der Waals surface area contributed by atoms with E-state index in [1.807, 2.05) is 13.8 Å². The summed E-state index contributed by atoms with van der Waals surface area (Å²) in [7, 11) is 0. The third kappa shape index (κ3) is 55.7. The van der Waals surface area contributed by atoms with E-state index in [9.17, 15) is 96.5 Å². The highest BCUT2D eigenvalue weighted by atomic mass is 79.9. The monoisotopic (exact) mass is 2320 g/mol. The molecule has 0 aliphatic carbocycles. The predicted octanol–water partition coefficient (Wildman–Crippen LogP) is 9.83.